The third kappa shape index (κ3) is 2.39. The van der Waals surface area contributed by atoms with Crippen LogP contribution in [0.4, 0.5) is 0 Å². The molecule has 0 aliphatic rings. The van der Waals surface area contributed by atoms with Gasteiger partial charge in [0.2, 0.25) is 5.88 Å². The number of aryl methyl sites for hydroxylation is 1. The third-order valence-corrected chi connectivity index (χ3v) is 2.90. The fourth-order valence-corrected chi connectivity index (χ4v) is 1.85. The molecule has 1 aromatic carbocycles. The van der Waals surface area contributed by atoms with E-state index in [9.17, 15) is 5.11 Å². The molecule has 0 atom stereocenters. The lowest BCUT2D eigenvalue weighted by atomic mass is 10.1. The van der Waals surface area contributed by atoms with E-state index < -0.39 is 0 Å². The molecule has 3 nitrogen and oxygen atoms in total. The van der Waals surface area contributed by atoms with E-state index in [2.05, 4.69) is 9.97 Å². The van der Waals surface area contributed by atoms with Gasteiger partial charge in [0.1, 0.15) is 0 Å². The van der Waals surface area contributed by atoms with Crippen molar-refractivity contribution in [1.82, 2.24) is 9.97 Å². The van der Waals surface area contributed by atoms with Crippen molar-refractivity contribution in [2.24, 2.45) is 0 Å². The number of aromatic nitrogens is 2. The van der Waals surface area contributed by atoms with Crippen LogP contribution in [0, 0.1) is 6.92 Å². The molecule has 2 rings (SSSR count). The molecule has 1 aromatic heterocycles. The Labute approximate surface area is 105 Å². The van der Waals surface area contributed by atoms with Crippen molar-refractivity contribution < 1.29 is 5.11 Å². The second-order valence-corrected chi connectivity index (χ2v) is 4.23. The molecule has 0 saturated carbocycles. The summed E-state index contributed by atoms with van der Waals surface area (Å²) in [7, 11) is 0. The Kier molecular flexibility index (Phi) is 3.29. The van der Waals surface area contributed by atoms with Crippen LogP contribution in [-0.2, 0) is 6.42 Å². The van der Waals surface area contributed by atoms with E-state index in [0.717, 1.165) is 23.2 Å². The van der Waals surface area contributed by atoms with Crippen LogP contribution in [0.3, 0.4) is 0 Å². The highest BCUT2D eigenvalue weighted by molar-refractivity contribution is 6.30. The highest BCUT2D eigenvalue weighted by Crippen LogP contribution is 2.24. The van der Waals surface area contributed by atoms with Crippen LogP contribution in [0.15, 0.2) is 24.3 Å². The summed E-state index contributed by atoms with van der Waals surface area (Å²) < 4.78 is 0. The first kappa shape index (κ1) is 11.9. The lowest BCUT2D eigenvalue weighted by Gasteiger charge is -2.07. The van der Waals surface area contributed by atoms with Gasteiger partial charge >= 0.3 is 0 Å². The standard InChI is InChI=1S/C13H13ClN2O/c1-3-11-8(2)15-12(16-13(11)17)9-4-6-10(14)7-5-9/h4-7H,3H2,1-2H3,(H,15,16,17). The summed E-state index contributed by atoms with van der Waals surface area (Å²) in [5, 5.41) is 10.5. The molecule has 1 N–H and O–H groups in total. The van der Waals surface area contributed by atoms with Gasteiger partial charge in [0.05, 0.1) is 0 Å². The van der Waals surface area contributed by atoms with Gasteiger partial charge in [-0.2, -0.15) is 4.98 Å². The molecule has 0 aliphatic heterocycles. The van der Waals surface area contributed by atoms with Gasteiger partial charge in [0, 0.05) is 21.8 Å². The molecular weight excluding hydrogens is 236 g/mol. The van der Waals surface area contributed by atoms with E-state index in [1.807, 2.05) is 26.0 Å². The Morgan fingerprint density at radius 2 is 1.82 bits per heavy atom. The van der Waals surface area contributed by atoms with Crippen LogP contribution in [0.2, 0.25) is 5.02 Å². The number of nitrogens with zero attached hydrogens (tertiary/aromatic N) is 2. The first-order chi connectivity index (χ1) is 8.11. The summed E-state index contributed by atoms with van der Waals surface area (Å²) >= 11 is 5.82. The Hall–Kier alpha value is -1.61. The highest BCUT2D eigenvalue weighted by atomic mass is 35.5. The van der Waals surface area contributed by atoms with Crippen LogP contribution in [-0.4, -0.2) is 15.1 Å². The predicted molar refractivity (Wildman–Crippen MR) is 68.3 cm³/mol. The number of hydrogen-bond acceptors (Lipinski definition) is 3. The van der Waals surface area contributed by atoms with Crippen molar-refractivity contribution in [3.8, 4) is 17.3 Å². The van der Waals surface area contributed by atoms with Crippen molar-refractivity contribution in [2.75, 3.05) is 0 Å². The molecule has 0 unspecified atom stereocenters. The van der Waals surface area contributed by atoms with Gasteiger partial charge in [-0.1, -0.05) is 18.5 Å². The predicted octanol–water partition coefficient (Wildman–Crippen LogP) is 3.37. The van der Waals surface area contributed by atoms with Crippen LogP contribution < -0.4 is 0 Å². The Morgan fingerprint density at radius 1 is 1.18 bits per heavy atom. The molecule has 0 saturated heterocycles. The molecule has 0 spiro atoms. The smallest absolute Gasteiger partial charge is 0.217 e. The molecule has 2 aromatic rings. The summed E-state index contributed by atoms with van der Waals surface area (Å²) in [5.41, 5.74) is 2.45. The molecule has 0 bridgehead atoms. The summed E-state index contributed by atoms with van der Waals surface area (Å²) in [6.07, 6.45) is 0.721. The zero-order valence-corrected chi connectivity index (χ0v) is 10.5. The normalized spacial score (nSPS) is 10.5. The maximum Gasteiger partial charge on any atom is 0.217 e. The lowest BCUT2D eigenvalue weighted by Crippen LogP contribution is -1.98. The van der Waals surface area contributed by atoms with Crippen LogP contribution in [0.5, 0.6) is 5.88 Å². The van der Waals surface area contributed by atoms with Gasteiger partial charge in [-0.05, 0) is 37.6 Å². The summed E-state index contributed by atoms with van der Waals surface area (Å²) in [6, 6.07) is 7.23. The van der Waals surface area contributed by atoms with Gasteiger partial charge < -0.3 is 5.11 Å². The van der Waals surface area contributed by atoms with E-state index >= 15 is 0 Å². The SMILES string of the molecule is CCc1c(C)nc(-c2ccc(Cl)cc2)nc1O. The van der Waals surface area contributed by atoms with Crippen molar-refractivity contribution in [3.63, 3.8) is 0 Å². The van der Waals surface area contributed by atoms with E-state index in [0.29, 0.717) is 10.8 Å². The first-order valence-corrected chi connectivity index (χ1v) is 5.82. The molecule has 0 radical (unpaired) electrons. The quantitative estimate of drug-likeness (QED) is 0.886. The monoisotopic (exact) mass is 248 g/mol. The number of halogens is 1. The lowest BCUT2D eigenvalue weighted by molar-refractivity contribution is 0.445. The molecule has 1 heterocycles. The van der Waals surface area contributed by atoms with Crippen molar-refractivity contribution in [2.45, 2.75) is 20.3 Å². The van der Waals surface area contributed by atoms with Crippen molar-refractivity contribution in [1.29, 1.82) is 0 Å². The Balaban J connectivity index is 2.50. The molecule has 88 valence electrons. The van der Waals surface area contributed by atoms with Gasteiger partial charge in [0.15, 0.2) is 5.82 Å². The minimum atomic E-state index is 0.0601. The average molecular weight is 249 g/mol. The average Bonchev–Trinajstić information content (AvgIpc) is 2.29. The van der Waals surface area contributed by atoms with E-state index in [1.165, 1.54) is 0 Å². The van der Waals surface area contributed by atoms with Gasteiger partial charge in [-0.3, -0.25) is 0 Å². The molecule has 0 aliphatic carbocycles. The molecule has 0 amide bonds. The highest BCUT2D eigenvalue weighted by Gasteiger charge is 2.10. The summed E-state index contributed by atoms with van der Waals surface area (Å²) in [6.45, 7) is 3.84. The van der Waals surface area contributed by atoms with Gasteiger partial charge in [-0.15, -0.1) is 0 Å². The van der Waals surface area contributed by atoms with Crippen molar-refractivity contribution >= 4 is 11.6 Å². The molecule has 17 heavy (non-hydrogen) atoms. The van der Waals surface area contributed by atoms with Gasteiger partial charge in [-0.25, -0.2) is 4.98 Å². The Bertz CT molecular complexity index is 515. The Morgan fingerprint density at radius 3 is 2.35 bits per heavy atom. The fourth-order valence-electron chi connectivity index (χ4n) is 1.72. The minimum absolute atomic E-state index is 0.0601. The zero-order chi connectivity index (χ0) is 12.4. The van der Waals surface area contributed by atoms with Crippen LogP contribution in [0.1, 0.15) is 18.2 Å². The van der Waals surface area contributed by atoms with E-state index in [4.69, 9.17) is 11.6 Å². The number of aromatic hydroxyl groups is 1. The largest absolute Gasteiger partial charge is 0.493 e. The fraction of sp³-hybridized carbons (Fsp3) is 0.231. The molecule has 0 fully saturated rings. The van der Waals surface area contributed by atoms with Gasteiger partial charge in [0.25, 0.3) is 0 Å². The number of benzene rings is 1. The second-order valence-electron chi connectivity index (χ2n) is 3.80. The van der Waals surface area contributed by atoms with Crippen LogP contribution >= 0.6 is 11.6 Å². The zero-order valence-electron chi connectivity index (χ0n) is 9.74. The third-order valence-electron chi connectivity index (χ3n) is 2.65. The number of rotatable bonds is 2. The molecular formula is C13H13ClN2O. The maximum absolute atomic E-state index is 9.81. The van der Waals surface area contributed by atoms with E-state index in [1.54, 1.807) is 12.1 Å². The summed E-state index contributed by atoms with van der Waals surface area (Å²) in [4.78, 5) is 8.50. The second kappa shape index (κ2) is 4.72. The first-order valence-electron chi connectivity index (χ1n) is 5.44. The topological polar surface area (TPSA) is 46.0 Å². The molecule has 4 heteroatoms. The minimum Gasteiger partial charge on any atom is -0.493 e. The van der Waals surface area contributed by atoms with Crippen LogP contribution in [0.25, 0.3) is 11.4 Å². The van der Waals surface area contributed by atoms with E-state index in [-0.39, 0.29) is 5.88 Å². The number of hydrogen-bond donors (Lipinski definition) is 1. The van der Waals surface area contributed by atoms with Crippen molar-refractivity contribution in [3.05, 3.63) is 40.5 Å². The summed E-state index contributed by atoms with van der Waals surface area (Å²) in [5.74, 6) is 0.582. The maximum atomic E-state index is 9.81.